The maximum Gasteiger partial charge on any atom is 0.117 e. The molecule has 1 heterocycles. The highest BCUT2D eigenvalue weighted by Crippen LogP contribution is 2.44. The molecule has 0 saturated heterocycles. The van der Waals surface area contributed by atoms with Gasteiger partial charge in [-0.1, -0.05) is 19.8 Å². The summed E-state index contributed by atoms with van der Waals surface area (Å²) < 4.78 is 5.58. The average Bonchev–Trinajstić information content (AvgIpc) is 3.14. The minimum Gasteiger partial charge on any atom is -0.468 e. The van der Waals surface area contributed by atoms with E-state index in [1.54, 1.807) is 6.26 Å². The Kier molecular flexibility index (Phi) is 3.68. The highest BCUT2D eigenvalue weighted by molar-refractivity contribution is 5.07. The van der Waals surface area contributed by atoms with Crippen LogP contribution < -0.4 is 5.73 Å². The fourth-order valence-electron chi connectivity index (χ4n) is 3.85. The monoisotopic (exact) mass is 262 g/mol. The van der Waals surface area contributed by atoms with Crippen molar-refractivity contribution in [2.75, 3.05) is 6.54 Å². The maximum absolute atomic E-state index is 6.25. The summed E-state index contributed by atoms with van der Waals surface area (Å²) in [5.74, 6) is 1.78. The Balaban J connectivity index is 1.84. The molecule has 2 saturated carbocycles. The highest BCUT2D eigenvalue weighted by Gasteiger charge is 2.47. The van der Waals surface area contributed by atoms with Crippen LogP contribution in [0.15, 0.2) is 22.8 Å². The molecule has 106 valence electrons. The molecule has 0 amide bonds. The summed E-state index contributed by atoms with van der Waals surface area (Å²) in [4.78, 5) is 2.68. The van der Waals surface area contributed by atoms with Crippen LogP contribution in [0.4, 0.5) is 0 Å². The summed E-state index contributed by atoms with van der Waals surface area (Å²) in [5.41, 5.74) is 6.45. The van der Waals surface area contributed by atoms with Crippen molar-refractivity contribution in [2.24, 2.45) is 11.7 Å². The van der Waals surface area contributed by atoms with Crippen molar-refractivity contribution in [3.05, 3.63) is 24.2 Å². The zero-order chi connectivity index (χ0) is 13.3. The van der Waals surface area contributed by atoms with Gasteiger partial charge in [-0.3, -0.25) is 4.90 Å². The van der Waals surface area contributed by atoms with Crippen LogP contribution in [-0.2, 0) is 6.54 Å². The smallest absolute Gasteiger partial charge is 0.117 e. The average molecular weight is 262 g/mol. The Morgan fingerprint density at radius 2 is 2.21 bits per heavy atom. The van der Waals surface area contributed by atoms with Crippen LogP contribution in [0.25, 0.3) is 0 Å². The van der Waals surface area contributed by atoms with Crippen molar-refractivity contribution in [2.45, 2.75) is 63.6 Å². The van der Waals surface area contributed by atoms with E-state index in [0.717, 1.165) is 24.9 Å². The van der Waals surface area contributed by atoms with Gasteiger partial charge in [0.2, 0.25) is 0 Å². The van der Waals surface area contributed by atoms with Gasteiger partial charge in [0.05, 0.1) is 12.8 Å². The van der Waals surface area contributed by atoms with E-state index in [1.807, 2.05) is 6.07 Å². The van der Waals surface area contributed by atoms with Crippen molar-refractivity contribution in [1.29, 1.82) is 0 Å². The second-order valence-corrected chi connectivity index (χ2v) is 6.39. The molecule has 3 rings (SSSR count). The third-order valence-electron chi connectivity index (χ3n) is 5.23. The van der Waals surface area contributed by atoms with Gasteiger partial charge in [0.1, 0.15) is 5.76 Å². The lowest BCUT2D eigenvalue weighted by Gasteiger charge is -2.50. The molecule has 2 aliphatic carbocycles. The first-order chi connectivity index (χ1) is 9.26. The van der Waals surface area contributed by atoms with Gasteiger partial charge in [0.15, 0.2) is 0 Å². The molecule has 19 heavy (non-hydrogen) atoms. The molecule has 2 aliphatic rings. The third-order valence-corrected chi connectivity index (χ3v) is 5.23. The molecule has 0 aromatic carbocycles. The van der Waals surface area contributed by atoms with Crippen LogP contribution in [0.1, 0.15) is 51.2 Å². The number of furan rings is 1. The molecule has 3 heteroatoms. The summed E-state index contributed by atoms with van der Waals surface area (Å²) in [6.45, 7) is 4.11. The van der Waals surface area contributed by atoms with Gasteiger partial charge < -0.3 is 10.2 Å². The van der Waals surface area contributed by atoms with Crippen molar-refractivity contribution < 1.29 is 4.42 Å². The van der Waals surface area contributed by atoms with Gasteiger partial charge >= 0.3 is 0 Å². The topological polar surface area (TPSA) is 42.4 Å². The SMILES string of the molecule is CC1CCCCC1(CN)N(Cc1ccco1)C1CC1. The van der Waals surface area contributed by atoms with Gasteiger partial charge in [0, 0.05) is 18.1 Å². The minimum atomic E-state index is 0.201. The van der Waals surface area contributed by atoms with Crippen LogP contribution in [0.2, 0.25) is 0 Å². The van der Waals surface area contributed by atoms with E-state index >= 15 is 0 Å². The zero-order valence-corrected chi connectivity index (χ0v) is 12.0. The maximum atomic E-state index is 6.25. The van der Waals surface area contributed by atoms with Gasteiger partial charge in [-0.05, 0) is 43.7 Å². The molecule has 2 fully saturated rings. The van der Waals surface area contributed by atoms with E-state index in [1.165, 1.54) is 38.5 Å². The Labute approximate surface area is 116 Å². The van der Waals surface area contributed by atoms with Gasteiger partial charge in [0.25, 0.3) is 0 Å². The van der Waals surface area contributed by atoms with Crippen LogP contribution in [-0.4, -0.2) is 23.0 Å². The van der Waals surface area contributed by atoms with Crippen molar-refractivity contribution >= 4 is 0 Å². The first-order valence-corrected chi connectivity index (χ1v) is 7.75. The lowest BCUT2D eigenvalue weighted by Crippen LogP contribution is -2.59. The summed E-state index contributed by atoms with van der Waals surface area (Å²) >= 11 is 0. The normalized spacial score (nSPS) is 31.8. The molecule has 0 spiro atoms. The molecular formula is C16H26N2O. The molecule has 0 bridgehead atoms. The lowest BCUT2D eigenvalue weighted by molar-refractivity contribution is -0.00443. The van der Waals surface area contributed by atoms with E-state index < -0.39 is 0 Å². The van der Waals surface area contributed by atoms with E-state index in [-0.39, 0.29) is 5.54 Å². The first kappa shape index (κ1) is 13.2. The number of nitrogens with zero attached hydrogens (tertiary/aromatic N) is 1. The van der Waals surface area contributed by atoms with Gasteiger partial charge in [-0.25, -0.2) is 0 Å². The fraction of sp³-hybridized carbons (Fsp3) is 0.750. The molecule has 2 unspecified atom stereocenters. The van der Waals surface area contributed by atoms with E-state index in [2.05, 4.69) is 17.9 Å². The fourth-order valence-corrected chi connectivity index (χ4v) is 3.85. The minimum absolute atomic E-state index is 0.201. The quantitative estimate of drug-likeness (QED) is 0.886. The Morgan fingerprint density at radius 1 is 1.37 bits per heavy atom. The Hall–Kier alpha value is -0.800. The standard InChI is InChI=1S/C16H26N2O/c1-13-5-2-3-9-16(13,12-17)18(14-7-8-14)11-15-6-4-10-19-15/h4,6,10,13-14H,2-3,5,7-9,11-12,17H2,1H3. The van der Waals surface area contributed by atoms with Crippen molar-refractivity contribution in [1.82, 2.24) is 4.90 Å². The lowest BCUT2D eigenvalue weighted by atomic mass is 9.72. The van der Waals surface area contributed by atoms with Crippen LogP contribution in [0.5, 0.6) is 0 Å². The molecule has 2 atom stereocenters. The Bertz CT molecular complexity index is 399. The summed E-state index contributed by atoms with van der Waals surface area (Å²) in [6, 6.07) is 4.81. The summed E-state index contributed by atoms with van der Waals surface area (Å²) in [7, 11) is 0. The van der Waals surface area contributed by atoms with E-state index in [4.69, 9.17) is 10.2 Å². The molecule has 1 aromatic heterocycles. The number of hydrogen-bond donors (Lipinski definition) is 1. The van der Waals surface area contributed by atoms with E-state index in [9.17, 15) is 0 Å². The second kappa shape index (κ2) is 5.29. The van der Waals surface area contributed by atoms with Crippen molar-refractivity contribution in [3.8, 4) is 0 Å². The second-order valence-electron chi connectivity index (χ2n) is 6.39. The molecule has 3 nitrogen and oxygen atoms in total. The molecule has 0 aliphatic heterocycles. The number of nitrogens with two attached hydrogens (primary N) is 1. The van der Waals surface area contributed by atoms with Crippen LogP contribution in [0, 0.1) is 5.92 Å². The molecule has 2 N–H and O–H groups in total. The van der Waals surface area contributed by atoms with Gasteiger partial charge in [-0.15, -0.1) is 0 Å². The van der Waals surface area contributed by atoms with Crippen LogP contribution in [0.3, 0.4) is 0 Å². The number of hydrogen-bond acceptors (Lipinski definition) is 3. The Morgan fingerprint density at radius 3 is 2.79 bits per heavy atom. The molecule has 0 radical (unpaired) electrons. The summed E-state index contributed by atoms with van der Waals surface area (Å²) in [5, 5.41) is 0. The number of rotatable bonds is 5. The van der Waals surface area contributed by atoms with Gasteiger partial charge in [-0.2, -0.15) is 0 Å². The van der Waals surface area contributed by atoms with Crippen LogP contribution >= 0.6 is 0 Å². The molecule has 1 aromatic rings. The first-order valence-electron chi connectivity index (χ1n) is 7.75. The van der Waals surface area contributed by atoms with E-state index in [0.29, 0.717) is 5.92 Å². The van der Waals surface area contributed by atoms with Crippen molar-refractivity contribution in [3.63, 3.8) is 0 Å². The zero-order valence-electron chi connectivity index (χ0n) is 12.0. The summed E-state index contributed by atoms with van der Waals surface area (Å²) in [6.07, 6.45) is 9.69. The third kappa shape index (κ3) is 2.46. The highest BCUT2D eigenvalue weighted by atomic mass is 16.3. The molecular weight excluding hydrogens is 236 g/mol. The largest absolute Gasteiger partial charge is 0.468 e. The predicted octanol–water partition coefficient (Wildman–Crippen LogP) is 3.15. The predicted molar refractivity (Wildman–Crippen MR) is 76.7 cm³/mol.